The van der Waals surface area contributed by atoms with Crippen LogP contribution in [0.1, 0.15) is 30.9 Å². The Labute approximate surface area is 139 Å². The fourth-order valence-corrected chi connectivity index (χ4v) is 3.61. The van der Waals surface area contributed by atoms with Gasteiger partial charge in [0.1, 0.15) is 11.6 Å². The van der Waals surface area contributed by atoms with E-state index in [1.54, 1.807) is 6.07 Å². The minimum absolute atomic E-state index is 0.218. The Morgan fingerprint density at radius 3 is 2.45 bits per heavy atom. The molecule has 116 valence electrons. The van der Waals surface area contributed by atoms with Gasteiger partial charge in [0.25, 0.3) is 0 Å². The Kier molecular flexibility index (Phi) is 4.02. The molecule has 0 aromatic heterocycles. The molecule has 22 heavy (non-hydrogen) atoms. The lowest BCUT2D eigenvalue weighted by atomic mass is 10.0. The van der Waals surface area contributed by atoms with Crippen molar-refractivity contribution in [3.8, 4) is 5.75 Å². The summed E-state index contributed by atoms with van der Waals surface area (Å²) >= 11 is 3.48. The van der Waals surface area contributed by atoms with Crippen molar-refractivity contribution in [1.29, 1.82) is 0 Å². The molecule has 0 spiro atoms. The van der Waals surface area contributed by atoms with Crippen LogP contribution in [-0.4, -0.2) is 6.61 Å². The minimum Gasteiger partial charge on any atom is -0.493 e. The fourth-order valence-electron chi connectivity index (χ4n) is 3.34. The number of ether oxygens (including phenoxy) is 1. The first-order valence-electron chi connectivity index (χ1n) is 7.54. The van der Waals surface area contributed by atoms with Crippen LogP contribution in [0.25, 0.3) is 0 Å². The van der Waals surface area contributed by atoms with Crippen LogP contribution in [0.15, 0.2) is 46.9 Å². The highest BCUT2D eigenvalue weighted by molar-refractivity contribution is 9.10. The molecule has 1 fully saturated rings. The van der Waals surface area contributed by atoms with Crippen LogP contribution in [0.2, 0.25) is 0 Å². The van der Waals surface area contributed by atoms with Crippen molar-refractivity contribution in [2.24, 2.45) is 11.3 Å². The second-order valence-corrected chi connectivity index (χ2v) is 7.59. The van der Waals surface area contributed by atoms with Crippen molar-refractivity contribution in [2.45, 2.75) is 26.7 Å². The Bertz CT molecular complexity index is 678. The standard InChI is InChI=1S/C19H20BrFO/c1-12-10-15(21)8-9-17(12)22-11-16-18(19(16,2)3)13-4-6-14(20)7-5-13/h4-10,16,18H,11H2,1-3H3/t16-,18-/m0/s1. The van der Waals surface area contributed by atoms with E-state index in [-0.39, 0.29) is 11.2 Å². The molecule has 0 saturated heterocycles. The van der Waals surface area contributed by atoms with Gasteiger partial charge in [-0.2, -0.15) is 0 Å². The number of benzene rings is 2. The molecular formula is C19H20BrFO. The van der Waals surface area contributed by atoms with Gasteiger partial charge in [0, 0.05) is 10.4 Å². The molecule has 1 aliphatic carbocycles. The van der Waals surface area contributed by atoms with E-state index in [9.17, 15) is 4.39 Å². The highest BCUT2D eigenvalue weighted by atomic mass is 79.9. The number of hydrogen-bond donors (Lipinski definition) is 0. The van der Waals surface area contributed by atoms with Crippen molar-refractivity contribution >= 4 is 15.9 Å². The van der Waals surface area contributed by atoms with E-state index in [4.69, 9.17) is 4.74 Å². The lowest BCUT2D eigenvalue weighted by molar-refractivity contribution is 0.277. The third-order valence-electron chi connectivity index (χ3n) is 4.83. The molecule has 0 unspecified atom stereocenters. The predicted molar refractivity (Wildman–Crippen MR) is 90.8 cm³/mol. The molecule has 2 aromatic rings. The summed E-state index contributed by atoms with van der Waals surface area (Å²) in [6, 6.07) is 13.2. The highest BCUT2D eigenvalue weighted by Gasteiger charge is 2.58. The molecule has 3 heteroatoms. The molecule has 0 radical (unpaired) electrons. The zero-order valence-electron chi connectivity index (χ0n) is 13.1. The van der Waals surface area contributed by atoms with Gasteiger partial charge < -0.3 is 4.74 Å². The Hall–Kier alpha value is -1.35. The third kappa shape index (κ3) is 2.91. The topological polar surface area (TPSA) is 9.23 Å². The average Bonchev–Trinajstić information content (AvgIpc) is 3.00. The van der Waals surface area contributed by atoms with Crippen molar-refractivity contribution in [1.82, 2.24) is 0 Å². The smallest absolute Gasteiger partial charge is 0.123 e. The predicted octanol–water partition coefficient (Wildman–Crippen LogP) is 5.72. The molecule has 1 saturated carbocycles. The molecule has 1 nitrogen and oxygen atoms in total. The van der Waals surface area contributed by atoms with Gasteiger partial charge >= 0.3 is 0 Å². The van der Waals surface area contributed by atoms with Crippen molar-refractivity contribution in [3.05, 3.63) is 63.9 Å². The molecule has 2 aromatic carbocycles. The van der Waals surface area contributed by atoms with E-state index >= 15 is 0 Å². The van der Waals surface area contributed by atoms with Crippen LogP contribution >= 0.6 is 15.9 Å². The molecule has 0 heterocycles. The highest BCUT2D eigenvalue weighted by Crippen LogP contribution is 2.64. The third-order valence-corrected chi connectivity index (χ3v) is 5.36. The molecule has 0 bridgehead atoms. The quantitative estimate of drug-likeness (QED) is 0.676. The molecule has 0 aliphatic heterocycles. The number of hydrogen-bond acceptors (Lipinski definition) is 1. The van der Waals surface area contributed by atoms with Gasteiger partial charge in [-0.05, 0) is 59.7 Å². The van der Waals surface area contributed by atoms with E-state index in [0.29, 0.717) is 18.4 Å². The first kappa shape index (κ1) is 15.5. The molecule has 1 aliphatic rings. The number of aryl methyl sites for hydroxylation is 1. The van der Waals surface area contributed by atoms with Gasteiger partial charge in [0.05, 0.1) is 6.61 Å². The maximum Gasteiger partial charge on any atom is 0.123 e. The minimum atomic E-state index is -0.218. The second kappa shape index (κ2) is 5.69. The first-order chi connectivity index (χ1) is 10.4. The summed E-state index contributed by atoms with van der Waals surface area (Å²) in [6.45, 7) is 7.11. The summed E-state index contributed by atoms with van der Waals surface area (Å²) in [5.74, 6) is 1.56. The normalized spacial score (nSPS) is 22.4. The van der Waals surface area contributed by atoms with Crippen LogP contribution in [0.3, 0.4) is 0 Å². The van der Waals surface area contributed by atoms with Crippen LogP contribution in [-0.2, 0) is 0 Å². The SMILES string of the molecule is Cc1cc(F)ccc1OC[C@H]1[C@H](c2ccc(Br)cc2)C1(C)C. The molecule has 3 rings (SSSR count). The van der Waals surface area contributed by atoms with Gasteiger partial charge in [-0.15, -0.1) is 0 Å². The first-order valence-corrected chi connectivity index (χ1v) is 8.33. The summed E-state index contributed by atoms with van der Waals surface area (Å²) in [7, 11) is 0. The van der Waals surface area contributed by atoms with E-state index in [2.05, 4.69) is 54.0 Å². The monoisotopic (exact) mass is 362 g/mol. The summed E-state index contributed by atoms with van der Waals surface area (Å²) < 4.78 is 20.2. The van der Waals surface area contributed by atoms with Gasteiger partial charge in [0.15, 0.2) is 0 Å². The number of rotatable bonds is 4. The largest absolute Gasteiger partial charge is 0.493 e. The van der Waals surface area contributed by atoms with Crippen molar-refractivity contribution < 1.29 is 9.13 Å². The van der Waals surface area contributed by atoms with Gasteiger partial charge in [-0.1, -0.05) is 41.9 Å². The van der Waals surface area contributed by atoms with Gasteiger partial charge in [-0.25, -0.2) is 4.39 Å². The van der Waals surface area contributed by atoms with Crippen LogP contribution < -0.4 is 4.74 Å². The van der Waals surface area contributed by atoms with E-state index in [1.165, 1.54) is 17.7 Å². The Balaban J connectivity index is 1.69. The zero-order valence-corrected chi connectivity index (χ0v) is 14.7. The maximum atomic E-state index is 13.1. The summed E-state index contributed by atoms with van der Waals surface area (Å²) in [5.41, 5.74) is 2.44. The fraction of sp³-hybridized carbons (Fsp3) is 0.368. The van der Waals surface area contributed by atoms with Gasteiger partial charge in [-0.3, -0.25) is 0 Å². The molecule has 2 atom stereocenters. The molecule has 0 amide bonds. The Morgan fingerprint density at radius 2 is 1.82 bits per heavy atom. The maximum absolute atomic E-state index is 13.1. The summed E-state index contributed by atoms with van der Waals surface area (Å²) in [6.07, 6.45) is 0. The molecule has 0 N–H and O–H groups in total. The summed E-state index contributed by atoms with van der Waals surface area (Å²) in [5, 5.41) is 0. The van der Waals surface area contributed by atoms with E-state index < -0.39 is 0 Å². The summed E-state index contributed by atoms with van der Waals surface area (Å²) in [4.78, 5) is 0. The lowest BCUT2D eigenvalue weighted by Gasteiger charge is -2.09. The van der Waals surface area contributed by atoms with Crippen molar-refractivity contribution in [3.63, 3.8) is 0 Å². The molecular weight excluding hydrogens is 343 g/mol. The average molecular weight is 363 g/mol. The van der Waals surface area contributed by atoms with Crippen LogP contribution in [0.4, 0.5) is 4.39 Å². The van der Waals surface area contributed by atoms with E-state index in [0.717, 1.165) is 15.8 Å². The lowest BCUT2D eigenvalue weighted by Crippen LogP contribution is -2.05. The van der Waals surface area contributed by atoms with Gasteiger partial charge in [0.2, 0.25) is 0 Å². The Morgan fingerprint density at radius 1 is 1.14 bits per heavy atom. The zero-order chi connectivity index (χ0) is 15.9. The van der Waals surface area contributed by atoms with Crippen LogP contribution in [0.5, 0.6) is 5.75 Å². The van der Waals surface area contributed by atoms with Crippen molar-refractivity contribution in [2.75, 3.05) is 6.61 Å². The number of halogens is 2. The van der Waals surface area contributed by atoms with Crippen LogP contribution in [0, 0.1) is 24.1 Å². The van der Waals surface area contributed by atoms with E-state index in [1.807, 2.05) is 6.92 Å². The second-order valence-electron chi connectivity index (χ2n) is 6.68.